The van der Waals surface area contributed by atoms with Gasteiger partial charge < -0.3 is 9.72 Å². The maximum Gasteiger partial charge on any atom is 0.293 e. The summed E-state index contributed by atoms with van der Waals surface area (Å²) in [4.78, 5) is 26.2. The molecule has 0 bridgehead atoms. The number of rotatable bonds is 4. The van der Waals surface area contributed by atoms with Gasteiger partial charge in [0.15, 0.2) is 5.78 Å². The van der Waals surface area contributed by atoms with E-state index in [2.05, 4.69) is 4.98 Å². The molecule has 0 aliphatic carbocycles. The summed E-state index contributed by atoms with van der Waals surface area (Å²) in [5, 5.41) is 11.6. The van der Waals surface area contributed by atoms with E-state index in [0.717, 1.165) is 6.42 Å². The number of ether oxygens (including phenoxy) is 1. The van der Waals surface area contributed by atoms with Crippen LogP contribution in [0.25, 0.3) is 10.9 Å². The van der Waals surface area contributed by atoms with Crippen molar-refractivity contribution in [3.8, 4) is 0 Å². The van der Waals surface area contributed by atoms with Crippen molar-refractivity contribution in [3.05, 3.63) is 40.1 Å². The molecule has 2 aromatic rings. The summed E-state index contributed by atoms with van der Waals surface area (Å²) in [7, 11) is 0. The molecule has 110 valence electrons. The smallest absolute Gasteiger partial charge is 0.293 e. The number of hydrogen-bond acceptors (Lipinski definition) is 4. The number of non-ortho nitro benzene ring substituents is 1. The Kier molecular flexibility index (Phi) is 3.47. The first-order valence-corrected chi connectivity index (χ1v) is 7.03. The first-order chi connectivity index (χ1) is 10.1. The molecule has 3 rings (SSSR count). The minimum absolute atomic E-state index is 0.00565. The highest BCUT2D eigenvalue weighted by Crippen LogP contribution is 2.32. The maximum atomic E-state index is 12.7. The lowest BCUT2D eigenvalue weighted by atomic mass is 9.90. The lowest BCUT2D eigenvalue weighted by Crippen LogP contribution is -2.23. The summed E-state index contributed by atoms with van der Waals surface area (Å²) < 4.78 is 5.57. The fourth-order valence-corrected chi connectivity index (χ4v) is 3.04. The molecule has 1 aliphatic rings. The van der Waals surface area contributed by atoms with Crippen molar-refractivity contribution in [1.29, 1.82) is 0 Å². The number of H-pyrrole nitrogens is 1. The van der Waals surface area contributed by atoms with Gasteiger partial charge in [-0.15, -0.1) is 0 Å². The zero-order chi connectivity index (χ0) is 15.0. The Balaban J connectivity index is 2.03. The van der Waals surface area contributed by atoms with Crippen LogP contribution in [0.5, 0.6) is 0 Å². The van der Waals surface area contributed by atoms with Gasteiger partial charge in [0.05, 0.1) is 16.9 Å². The summed E-state index contributed by atoms with van der Waals surface area (Å²) in [6.07, 6.45) is 3.02. The number of fused-ring (bicyclic) bond motifs is 1. The molecule has 2 atom stereocenters. The molecule has 1 aliphatic heterocycles. The predicted octanol–water partition coefficient (Wildman–Crippen LogP) is 3.07. The van der Waals surface area contributed by atoms with Crippen LogP contribution < -0.4 is 0 Å². The monoisotopic (exact) mass is 288 g/mol. The summed E-state index contributed by atoms with van der Waals surface area (Å²) >= 11 is 0. The van der Waals surface area contributed by atoms with Gasteiger partial charge in [-0.1, -0.05) is 19.1 Å². The molecule has 1 N–H and O–H groups in total. The number of nitro groups is 1. The molecule has 1 aromatic carbocycles. The second-order valence-corrected chi connectivity index (χ2v) is 5.24. The molecule has 2 heterocycles. The highest BCUT2D eigenvalue weighted by molar-refractivity contribution is 6.10. The Hall–Kier alpha value is -2.21. The molecule has 21 heavy (non-hydrogen) atoms. The van der Waals surface area contributed by atoms with Gasteiger partial charge in [-0.2, -0.15) is 0 Å². The summed E-state index contributed by atoms with van der Waals surface area (Å²) in [6, 6.07) is 4.77. The largest absolute Gasteiger partial charge is 0.377 e. The van der Waals surface area contributed by atoms with E-state index in [1.165, 1.54) is 6.07 Å². The van der Waals surface area contributed by atoms with Gasteiger partial charge >= 0.3 is 0 Å². The molecule has 6 heteroatoms. The minimum atomic E-state index is -0.444. The van der Waals surface area contributed by atoms with Crippen LogP contribution in [-0.2, 0) is 4.74 Å². The molecule has 1 aromatic heterocycles. The minimum Gasteiger partial charge on any atom is -0.377 e. The predicted molar refractivity (Wildman–Crippen MR) is 77.4 cm³/mol. The van der Waals surface area contributed by atoms with E-state index < -0.39 is 4.92 Å². The summed E-state index contributed by atoms with van der Waals surface area (Å²) in [6.45, 7) is 2.59. The van der Waals surface area contributed by atoms with Crippen LogP contribution in [-0.4, -0.2) is 28.4 Å². The average molecular weight is 288 g/mol. The molecule has 0 spiro atoms. The Morgan fingerprint density at radius 1 is 1.52 bits per heavy atom. The van der Waals surface area contributed by atoms with Crippen molar-refractivity contribution in [1.82, 2.24) is 4.98 Å². The number of aromatic nitrogens is 1. The number of ketones is 1. The molecule has 1 fully saturated rings. The summed E-state index contributed by atoms with van der Waals surface area (Å²) in [5.74, 6) is -0.153. The first-order valence-electron chi connectivity index (χ1n) is 7.03. The molecule has 0 saturated carbocycles. The van der Waals surface area contributed by atoms with E-state index >= 15 is 0 Å². The van der Waals surface area contributed by atoms with Crippen LogP contribution in [0.1, 0.15) is 30.1 Å². The van der Waals surface area contributed by atoms with Gasteiger partial charge in [0.1, 0.15) is 5.52 Å². The first kappa shape index (κ1) is 13.8. The molecule has 0 amide bonds. The number of nitrogens with zero attached hydrogens (tertiary/aromatic N) is 1. The number of para-hydroxylation sites is 1. The normalized spacial score (nSPS) is 21.8. The van der Waals surface area contributed by atoms with E-state index in [-0.39, 0.29) is 23.5 Å². The Morgan fingerprint density at radius 2 is 2.33 bits per heavy atom. The van der Waals surface area contributed by atoms with Crippen molar-refractivity contribution in [2.24, 2.45) is 5.92 Å². The zero-order valence-corrected chi connectivity index (χ0v) is 11.7. The number of Topliss-reactive ketones (excluding diaryl/α,β-unsaturated/α-hetero) is 1. The Bertz CT molecular complexity index is 707. The number of carbonyl (C=O) groups excluding carboxylic acids is 1. The quantitative estimate of drug-likeness (QED) is 0.532. The van der Waals surface area contributed by atoms with Crippen molar-refractivity contribution < 1.29 is 14.5 Å². The number of carbonyl (C=O) groups is 1. The van der Waals surface area contributed by atoms with Crippen LogP contribution in [0, 0.1) is 16.0 Å². The third-order valence-electron chi connectivity index (χ3n) is 4.10. The highest BCUT2D eigenvalue weighted by atomic mass is 16.6. The Morgan fingerprint density at radius 3 is 3.05 bits per heavy atom. The molecular weight excluding hydrogens is 272 g/mol. The zero-order valence-electron chi connectivity index (χ0n) is 11.7. The SMILES string of the molecule is CCC1OCCC1C(=O)c1c[nH]c2c([N+](=O)[O-])cccc12. The van der Waals surface area contributed by atoms with Gasteiger partial charge in [-0.05, 0) is 12.8 Å². The number of nitro benzene ring substituents is 1. The van der Waals surface area contributed by atoms with Crippen molar-refractivity contribution in [2.75, 3.05) is 6.61 Å². The Labute approximate surface area is 121 Å². The van der Waals surface area contributed by atoms with Gasteiger partial charge in [0.2, 0.25) is 0 Å². The van der Waals surface area contributed by atoms with Crippen molar-refractivity contribution in [3.63, 3.8) is 0 Å². The van der Waals surface area contributed by atoms with E-state index in [1.54, 1.807) is 18.3 Å². The third-order valence-corrected chi connectivity index (χ3v) is 4.10. The standard InChI is InChI=1S/C15H16N2O4/c1-2-13-10(6-7-21-13)15(18)11-8-16-14-9(11)4-3-5-12(14)17(19)20/h3-5,8,10,13,16H,2,6-7H2,1H3. The van der Waals surface area contributed by atoms with Gasteiger partial charge in [0, 0.05) is 29.8 Å². The molecular formula is C15H16N2O4. The highest BCUT2D eigenvalue weighted by Gasteiger charge is 2.34. The molecule has 0 radical (unpaired) electrons. The number of hydrogen-bond donors (Lipinski definition) is 1. The van der Waals surface area contributed by atoms with Gasteiger partial charge in [0.25, 0.3) is 5.69 Å². The van der Waals surface area contributed by atoms with Crippen LogP contribution in [0.2, 0.25) is 0 Å². The molecule has 6 nitrogen and oxygen atoms in total. The third kappa shape index (κ3) is 2.21. The number of nitrogens with one attached hydrogen (secondary N) is 1. The fraction of sp³-hybridized carbons (Fsp3) is 0.400. The number of aromatic amines is 1. The lowest BCUT2D eigenvalue weighted by Gasteiger charge is -2.14. The van der Waals surface area contributed by atoms with Crippen LogP contribution in [0.15, 0.2) is 24.4 Å². The van der Waals surface area contributed by atoms with Crippen LogP contribution in [0.3, 0.4) is 0 Å². The van der Waals surface area contributed by atoms with Crippen molar-refractivity contribution >= 4 is 22.4 Å². The topological polar surface area (TPSA) is 85.2 Å². The lowest BCUT2D eigenvalue weighted by molar-refractivity contribution is -0.383. The van der Waals surface area contributed by atoms with Gasteiger partial charge in [-0.3, -0.25) is 14.9 Å². The molecule has 2 unspecified atom stereocenters. The average Bonchev–Trinajstić information content (AvgIpc) is 3.12. The van der Waals surface area contributed by atoms with Crippen LogP contribution in [0.4, 0.5) is 5.69 Å². The van der Waals surface area contributed by atoms with Crippen LogP contribution >= 0.6 is 0 Å². The second kappa shape index (κ2) is 5.29. The molecule has 1 saturated heterocycles. The maximum absolute atomic E-state index is 12.7. The van der Waals surface area contributed by atoms with Crippen molar-refractivity contribution in [2.45, 2.75) is 25.9 Å². The van der Waals surface area contributed by atoms with E-state index in [1.807, 2.05) is 6.92 Å². The van der Waals surface area contributed by atoms with E-state index in [9.17, 15) is 14.9 Å². The van der Waals surface area contributed by atoms with E-state index in [0.29, 0.717) is 29.5 Å². The van der Waals surface area contributed by atoms with E-state index in [4.69, 9.17) is 4.74 Å². The summed E-state index contributed by atoms with van der Waals surface area (Å²) in [5.41, 5.74) is 0.904. The fourth-order valence-electron chi connectivity index (χ4n) is 3.04. The van der Waals surface area contributed by atoms with Gasteiger partial charge in [-0.25, -0.2) is 0 Å². The second-order valence-electron chi connectivity index (χ2n) is 5.24. The number of benzene rings is 1.